The highest BCUT2D eigenvalue weighted by Gasteiger charge is 2.22. The molecule has 0 saturated heterocycles. The lowest BCUT2D eigenvalue weighted by Gasteiger charge is -2.24. The zero-order chi connectivity index (χ0) is 20.6. The van der Waals surface area contributed by atoms with Gasteiger partial charge in [0, 0.05) is 17.5 Å². The monoisotopic (exact) mass is 372 g/mol. The molecule has 0 spiro atoms. The number of hydrogen-bond donors (Lipinski definition) is 4. The first-order valence-electron chi connectivity index (χ1n) is 9.30. The van der Waals surface area contributed by atoms with Crippen LogP contribution >= 0.6 is 0 Å². The lowest BCUT2D eigenvalue weighted by Crippen LogP contribution is -2.14. The van der Waals surface area contributed by atoms with Crippen molar-refractivity contribution in [2.75, 3.05) is 0 Å². The van der Waals surface area contributed by atoms with Gasteiger partial charge in [-0.15, -0.1) is 0 Å². The zero-order valence-corrected chi connectivity index (χ0v) is 17.2. The van der Waals surface area contributed by atoms with E-state index in [0.29, 0.717) is 28.7 Å². The van der Waals surface area contributed by atoms with E-state index in [0.717, 1.165) is 11.1 Å². The molecule has 2 rings (SSSR count). The first-order chi connectivity index (χ1) is 12.4. The molecule has 0 atom stereocenters. The topological polar surface area (TPSA) is 80.9 Å². The fourth-order valence-corrected chi connectivity index (χ4v) is 3.10. The molecular formula is C23H32O4. The number of aliphatic hydroxyl groups excluding tert-OH is 2. The SMILES string of the molecule is CC(C)(C)c1cc(CO)c(O)c(Cc2cc(C(C)(C)C)cc(CO)c2O)c1. The lowest BCUT2D eigenvalue weighted by molar-refractivity contribution is 0.274. The Balaban J connectivity index is 2.63. The smallest absolute Gasteiger partial charge is 0.124 e. The van der Waals surface area contributed by atoms with Gasteiger partial charge >= 0.3 is 0 Å². The summed E-state index contributed by atoms with van der Waals surface area (Å²) in [5, 5.41) is 40.5. The standard InChI is InChI=1S/C23H32O4/c1-22(2,3)18-8-14(20(26)16(10-18)12-24)7-15-9-19(23(4,5)6)11-17(13-25)21(15)27/h8-11,24-27H,7,12-13H2,1-6H3. The molecule has 2 aromatic carbocycles. The molecule has 0 heterocycles. The summed E-state index contributed by atoms with van der Waals surface area (Å²) < 4.78 is 0. The summed E-state index contributed by atoms with van der Waals surface area (Å²) in [4.78, 5) is 0. The molecule has 0 radical (unpaired) electrons. The molecule has 0 saturated carbocycles. The first-order valence-corrected chi connectivity index (χ1v) is 9.30. The normalized spacial score (nSPS) is 12.4. The van der Waals surface area contributed by atoms with Crippen LogP contribution < -0.4 is 0 Å². The van der Waals surface area contributed by atoms with E-state index in [4.69, 9.17) is 0 Å². The van der Waals surface area contributed by atoms with Crippen LogP contribution in [0.2, 0.25) is 0 Å². The van der Waals surface area contributed by atoms with Gasteiger partial charge in [0.05, 0.1) is 13.2 Å². The molecule has 148 valence electrons. The summed E-state index contributed by atoms with van der Waals surface area (Å²) in [6.45, 7) is 11.9. The Morgan fingerprint density at radius 2 is 0.889 bits per heavy atom. The van der Waals surface area contributed by atoms with Crippen molar-refractivity contribution < 1.29 is 20.4 Å². The average Bonchev–Trinajstić information content (AvgIpc) is 2.56. The minimum absolute atomic E-state index is 0.0524. The van der Waals surface area contributed by atoms with Gasteiger partial charge in [0.25, 0.3) is 0 Å². The van der Waals surface area contributed by atoms with Crippen molar-refractivity contribution in [3.63, 3.8) is 0 Å². The number of hydrogen-bond acceptors (Lipinski definition) is 4. The maximum atomic E-state index is 10.6. The maximum absolute atomic E-state index is 10.6. The van der Waals surface area contributed by atoms with Gasteiger partial charge < -0.3 is 20.4 Å². The summed E-state index contributed by atoms with van der Waals surface area (Å²) in [7, 11) is 0. The van der Waals surface area contributed by atoms with Gasteiger partial charge in [-0.1, -0.05) is 53.7 Å². The third-order valence-corrected chi connectivity index (χ3v) is 4.99. The lowest BCUT2D eigenvalue weighted by atomic mass is 9.82. The fraction of sp³-hybridized carbons (Fsp3) is 0.478. The largest absolute Gasteiger partial charge is 0.507 e. The Hall–Kier alpha value is -2.04. The highest BCUT2D eigenvalue weighted by atomic mass is 16.3. The van der Waals surface area contributed by atoms with Gasteiger partial charge in [-0.2, -0.15) is 0 Å². The minimum Gasteiger partial charge on any atom is -0.507 e. The summed E-state index contributed by atoms with van der Waals surface area (Å²) in [6.07, 6.45) is 0.311. The third-order valence-electron chi connectivity index (χ3n) is 4.99. The van der Waals surface area contributed by atoms with Crippen molar-refractivity contribution >= 4 is 0 Å². The van der Waals surface area contributed by atoms with Crippen LogP contribution in [0.25, 0.3) is 0 Å². The molecule has 4 N–H and O–H groups in total. The Labute approximate surface area is 162 Å². The van der Waals surface area contributed by atoms with Crippen molar-refractivity contribution in [1.82, 2.24) is 0 Å². The Kier molecular flexibility index (Phi) is 5.93. The van der Waals surface area contributed by atoms with Gasteiger partial charge in [-0.25, -0.2) is 0 Å². The van der Waals surface area contributed by atoms with E-state index in [9.17, 15) is 20.4 Å². The van der Waals surface area contributed by atoms with Crippen molar-refractivity contribution in [3.8, 4) is 11.5 Å². The average molecular weight is 373 g/mol. The van der Waals surface area contributed by atoms with Crippen molar-refractivity contribution in [1.29, 1.82) is 0 Å². The highest BCUT2D eigenvalue weighted by Crippen LogP contribution is 2.36. The van der Waals surface area contributed by atoms with Crippen molar-refractivity contribution in [3.05, 3.63) is 57.6 Å². The molecule has 0 aliphatic carbocycles. The molecule has 0 bridgehead atoms. The number of benzene rings is 2. The van der Waals surface area contributed by atoms with Gasteiger partial charge in [0.2, 0.25) is 0 Å². The third kappa shape index (κ3) is 4.63. The number of phenols is 2. The predicted octanol–water partition coefficient (Wildman–Crippen LogP) is 4.27. The van der Waals surface area contributed by atoms with Crippen LogP contribution in [0.3, 0.4) is 0 Å². The Morgan fingerprint density at radius 1 is 0.593 bits per heavy atom. The highest BCUT2D eigenvalue weighted by molar-refractivity contribution is 5.52. The summed E-state index contributed by atoms with van der Waals surface area (Å²) in [6, 6.07) is 7.50. The number of rotatable bonds is 4. The van der Waals surface area contributed by atoms with E-state index in [1.54, 1.807) is 0 Å². The molecule has 4 nitrogen and oxygen atoms in total. The van der Waals surface area contributed by atoms with E-state index >= 15 is 0 Å². The summed E-state index contributed by atoms with van der Waals surface area (Å²) in [5.74, 6) is 0.105. The Bertz CT molecular complexity index is 754. The molecular weight excluding hydrogens is 340 g/mol. The Morgan fingerprint density at radius 3 is 1.15 bits per heavy atom. The number of aliphatic hydroxyl groups is 2. The van der Waals surface area contributed by atoms with Gasteiger partial charge in [-0.05, 0) is 45.2 Å². The molecule has 0 amide bonds. The molecule has 0 aliphatic rings. The minimum atomic E-state index is -0.251. The second-order valence-corrected chi connectivity index (χ2v) is 9.28. The van der Waals surface area contributed by atoms with E-state index in [-0.39, 0.29) is 35.5 Å². The van der Waals surface area contributed by atoms with E-state index in [1.807, 2.05) is 24.3 Å². The molecule has 27 heavy (non-hydrogen) atoms. The fourth-order valence-electron chi connectivity index (χ4n) is 3.10. The second-order valence-electron chi connectivity index (χ2n) is 9.28. The first kappa shape index (κ1) is 21.3. The van der Waals surface area contributed by atoms with E-state index in [2.05, 4.69) is 41.5 Å². The van der Waals surface area contributed by atoms with Crippen LogP contribution in [0.5, 0.6) is 11.5 Å². The van der Waals surface area contributed by atoms with Crippen LogP contribution in [0.15, 0.2) is 24.3 Å². The van der Waals surface area contributed by atoms with Crippen LogP contribution in [0.4, 0.5) is 0 Å². The summed E-state index contributed by atoms with van der Waals surface area (Å²) in [5.41, 5.74) is 3.99. The quantitative estimate of drug-likeness (QED) is 0.646. The second kappa shape index (κ2) is 7.53. The predicted molar refractivity (Wildman–Crippen MR) is 108 cm³/mol. The van der Waals surface area contributed by atoms with Crippen LogP contribution in [0, 0.1) is 0 Å². The van der Waals surface area contributed by atoms with Gasteiger partial charge in [0.15, 0.2) is 0 Å². The van der Waals surface area contributed by atoms with E-state index < -0.39 is 0 Å². The van der Waals surface area contributed by atoms with Crippen LogP contribution in [0.1, 0.15) is 74.9 Å². The zero-order valence-electron chi connectivity index (χ0n) is 17.2. The maximum Gasteiger partial charge on any atom is 0.124 e. The van der Waals surface area contributed by atoms with Crippen molar-refractivity contribution in [2.24, 2.45) is 0 Å². The summed E-state index contributed by atoms with van der Waals surface area (Å²) >= 11 is 0. The van der Waals surface area contributed by atoms with Crippen LogP contribution in [-0.2, 0) is 30.5 Å². The van der Waals surface area contributed by atoms with Crippen LogP contribution in [-0.4, -0.2) is 20.4 Å². The molecule has 4 heteroatoms. The molecule has 0 aromatic heterocycles. The molecule has 2 aromatic rings. The number of aromatic hydroxyl groups is 2. The molecule has 0 fully saturated rings. The molecule has 0 unspecified atom stereocenters. The van der Waals surface area contributed by atoms with E-state index in [1.165, 1.54) is 0 Å². The van der Waals surface area contributed by atoms with Crippen molar-refractivity contribution in [2.45, 2.75) is 72.0 Å². The molecule has 0 aliphatic heterocycles. The van der Waals surface area contributed by atoms with Gasteiger partial charge in [0.1, 0.15) is 11.5 Å². The van der Waals surface area contributed by atoms with Gasteiger partial charge in [-0.3, -0.25) is 0 Å².